The van der Waals surface area contributed by atoms with E-state index in [2.05, 4.69) is 42.9 Å². The summed E-state index contributed by atoms with van der Waals surface area (Å²) in [7, 11) is 2.24. The van der Waals surface area contributed by atoms with Crippen molar-refractivity contribution in [3.05, 3.63) is 0 Å². The van der Waals surface area contributed by atoms with E-state index in [4.69, 9.17) is 0 Å². The molecule has 1 N–H and O–H groups in total. The highest BCUT2D eigenvalue weighted by atomic mass is 15.3. The van der Waals surface area contributed by atoms with Crippen molar-refractivity contribution in [1.29, 1.82) is 0 Å². The number of likely N-dealkylation sites (N-methyl/N-ethyl adjacent to an activating group) is 1. The molecule has 3 nitrogen and oxygen atoms in total. The van der Waals surface area contributed by atoms with Crippen LogP contribution in [0.3, 0.4) is 0 Å². The Hall–Kier alpha value is -0.120. The van der Waals surface area contributed by atoms with Gasteiger partial charge in [-0.05, 0) is 66.2 Å². The van der Waals surface area contributed by atoms with Gasteiger partial charge in [0.2, 0.25) is 0 Å². The second-order valence-electron chi connectivity index (χ2n) is 6.99. The Labute approximate surface area is 107 Å². The average Bonchev–Trinajstić information content (AvgIpc) is 2.81. The third-order valence-corrected chi connectivity index (χ3v) is 4.12. The monoisotopic (exact) mass is 239 g/mol. The van der Waals surface area contributed by atoms with E-state index >= 15 is 0 Å². The maximum atomic E-state index is 3.65. The largest absolute Gasteiger partial charge is 0.312 e. The third kappa shape index (κ3) is 3.94. The van der Waals surface area contributed by atoms with Gasteiger partial charge in [-0.25, -0.2) is 0 Å². The van der Waals surface area contributed by atoms with E-state index < -0.39 is 0 Å². The molecule has 2 atom stereocenters. The molecular weight excluding hydrogens is 210 g/mol. The molecule has 0 aromatic carbocycles. The smallest absolute Gasteiger partial charge is 0.0235 e. The summed E-state index contributed by atoms with van der Waals surface area (Å²) in [5.41, 5.74) is 0.265. The van der Waals surface area contributed by atoms with Crippen LogP contribution >= 0.6 is 0 Å². The van der Waals surface area contributed by atoms with Crippen molar-refractivity contribution in [3.63, 3.8) is 0 Å². The summed E-state index contributed by atoms with van der Waals surface area (Å²) >= 11 is 0. The lowest BCUT2D eigenvalue weighted by Gasteiger charge is -2.25. The maximum Gasteiger partial charge on any atom is 0.0235 e. The molecule has 2 unspecified atom stereocenters. The van der Waals surface area contributed by atoms with Crippen molar-refractivity contribution in [1.82, 2.24) is 15.1 Å². The zero-order chi connectivity index (χ0) is 12.5. The number of rotatable bonds is 3. The molecule has 0 aromatic heterocycles. The number of nitrogens with zero attached hydrogens (tertiary/aromatic N) is 2. The molecule has 2 aliphatic heterocycles. The first kappa shape index (κ1) is 13.3. The van der Waals surface area contributed by atoms with Gasteiger partial charge >= 0.3 is 0 Å². The normalized spacial score (nSPS) is 32.5. The van der Waals surface area contributed by atoms with Crippen LogP contribution in [0.15, 0.2) is 0 Å². The molecule has 0 radical (unpaired) electrons. The SMILES string of the molecule is CN1CCC(N2CCC(CNC(C)(C)C)C2)C1. The van der Waals surface area contributed by atoms with Gasteiger partial charge in [0.1, 0.15) is 0 Å². The predicted molar refractivity (Wildman–Crippen MR) is 73.3 cm³/mol. The minimum absolute atomic E-state index is 0.265. The zero-order valence-electron chi connectivity index (χ0n) is 12.0. The minimum atomic E-state index is 0.265. The van der Waals surface area contributed by atoms with Gasteiger partial charge in [-0.1, -0.05) is 0 Å². The topological polar surface area (TPSA) is 18.5 Å². The van der Waals surface area contributed by atoms with E-state index in [9.17, 15) is 0 Å². The standard InChI is InChI=1S/C14H29N3/c1-14(2,3)15-9-12-5-8-17(10-12)13-6-7-16(4)11-13/h12-13,15H,5-11H2,1-4H3. The molecule has 0 aromatic rings. The van der Waals surface area contributed by atoms with Crippen LogP contribution in [0.1, 0.15) is 33.6 Å². The summed E-state index contributed by atoms with van der Waals surface area (Å²) in [6.07, 6.45) is 2.75. The quantitative estimate of drug-likeness (QED) is 0.803. The molecule has 0 spiro atoms. The van der Waals surface area contributed by atoms with Crippen molar-refractivity contribution in [2.75, 3.05) is 39.8 Å². The summed E-state index contributed by atoms with van der Waals surface area (Å²) in [6.45, 7) is 13.1. The molecule has 3 heteroatoms. The zero-order valence-corrected chi connectivity index (χ0v) is 12.0. The first-order valence-corrected chi connectivity index (χ1v) is 7.12. The Bertz CT molecular complexity index is 246. The molecule has 0 aliphatic carbocycles. The van der Waals surface area contributed by atoms with Crippen molar-refractivity contribution in [3.8, 4) is 0 Å². The fourth-order valence-electron chi connectivity index (χ4n) is 3.02. The molecule has 0 bridgehead atoms. The van der Waals surface area contributed by atoms with E-state index in [1.807, 2.05) is 0 Å². The predicted octanol–water partition coefficient (Wildman–Crippen LogP) is 1.40. The van der Waals surface area contributed by atoms with Crippen LogP contribution in [-0.2, 0) is 0 Å². The van der Waals surface area contributed by atoms with Gasteiger partial charge < -0.3 is 10.2 Å². The molecular formula is C14H29N3. The van der Waals surface area contributed by atoms with Crippen LogP contribution in [0, 0.1) is 5.92 Å². The summed E-state index contributed by atoms with van der Waals surface area (Å²) in [5.74, 6) is 0.861. The lowest BCUT2D eigenvalue weighted by molar-refractivity contribution is 0.231. The first-order valence-electron chi connectivity index (χ1n) is 7.12. The lowest BCUT2D eigenvalue weighted by Crippen LogP contribution is -2.40. The molecule has 0 amide bonds. The van der Waals surface area contributed by atoms with Gasteiger partial charge in [-0.15, -0.1) is 0 Å². The van der Waals surface area contributed by atoms with E-state index in [0.29, 0.717) is 0 Å². The first-order chi connectivity index (χ1) is 7.94. The van der Waals surface area contributed by atoms with Gasteiger partial charge in [0.15, 0.2) is 0 Å². The Morgan fingerprint density at radius 2 is 1.88 bits per heavy atom. The van der Waals surface area contributed by atoms with Crippen LogP contribution in [0.2, 0.25) is 0 Å². The Morgan fingerprint density at radius 1 is 1.12 bits per heavy atom. The molecule has 2 saturated heterocycles. The van der Waals surface area contributed by atoms with E-state index in [1.54, 1.807) is 0 Å². The Kier molecular flexibility index (Phi) is 4.11. The van der Waals surface area contributed by atoms with Gasteiger partial charge in [0.25, 0.3) is 0 Å². The van der Waals surface area contributed by atoms with E-state index in [0.717, 1.165) is 12.0 Å². The fourth-order valence-corrected chi connectivity index (χ4v) is 3.02. The number of nitrogens with one attached hydrogen (secondary N) is 1. The summed E-state index contributed by atoms with van der Waals surface area (Å²) in [5, 5.41) is 3.65. The van der Waals surface area contributed by atoms with Gasteiger partial charge in [0.05, 0.1) is 0 Å². The van der Waals surface area contributed by atoms with E-state index in [1.165, 1.54) is 45.6 Å². The van der Waals surface area contributed by atoms with Crippen LogP contribution in [-0.4, -0.2) is 61.2 Å². The van der Waals surface area contributed by atoms with Crippen molar-refractivity contribution in [2.45, 2.75) is 45.2 Å². The van der Waals surface area contributed by atoms with Crippen LogP contribution in [0.5, 0.6) is 0 Å². The van der Waals surface area contributed by atoms with Gasteiger partial charge in [0, 0.05) is 24.7 Å². The average molecular weight is 239 g/mol. The third-order valence-electron chi connectivity index (χ3n) is 4.12. The van der Waals surface area contributed by atoms with E-state index in [-0.39, 0.29) is 5.54 Å². The lowest BCUT2D eigenvalue weighted by atomic mass is 10.1. The number of hydrogen-bond acceptors (Lipinski definition) is 3. The summed E-state index contributed by atoms with van der Waals surface area (Å²) < 4.78 is 0. The highest BCUT2D eigenvalue weighted by Gasteiger charge is 2.31. The Balaban J connectivity index is 1.72. The van der Waals surface area contributed by atoms with Crippen molar-refractivity contribution in [2.24, 2.45) is 5.92 Å². The van der Waals surface area contributed by atoms with Crippen LogP contribution in [0.4, 0.5) is 0 Å². The molecule has 100 valence electrons. The molecule has 2 heterocycles. The molecule has 2 fully saturated rings. The van der Waals surface area contributed by atoms with Gasteiger partial charge in [-0.2, -0.15) is 0 Å². The van der Waals surface area contributed by atoms with Gasteiger partial charge in [-0.3, -0.25) is 4.90 Å². The highest BCUT2D eigenvalue weighted by Crippen LogP contribution is 2.23. The Morgan fingerprint density at radius 3 is 2.47 bits per heavy atom. The highest BCUT2D eigenvalue weighted by molar-refractivity contribution is 4.88. The second kappa shape index (κ2) is 5.25. The number of likely N-dealkylation sites (tertiary alicyclic amines) is 2. The molecule has 2 aliphatic rings. The maximum absolute atomic E-state index is 3.65. The molecule has 17 heavy (non-hydrogen) atoms. The summed E-state index contributed by atoms with van der Waals surface area (Å²) in [4.78, 5) is 5.18. The molecule has 0 saturated carbocycles. The van der Waals surface area contributed by atoms with Crippen molar-refractivity contribution < 1.29 is 0 Å². The minimum Gasteiger partial charge on any atom is -0.312 e. The van der Waals surface area contributed by atoms with Crippen LogP contribution in [0.25, 0.3) is 0 Å². The fraction of sp³-hybridized carbons (Fsp3) is 1.00. The summed E-state index contributed by atoms with van der Waals surface area (Å²) in [6, 6.07) is 0.833. The number of hydrogen-bond donors (Lipinski definition) is 1. The van der Waals surface area contributed by atoms with Crippen molar-refractivity contribution >= 4 is 0 Å². The van der Waals surface area contributed by atoms with Crippen LogP contribution < -0.4 is 5.32 Å². The molecule has 2 rings (SSSR count). The second-order valence-corrected chi connectivity index (χ2v) is 6.99.